The maximum absolute atomic E-state index is 14.4. The Hall–Kier alpha value is -7.08. The molecule has 1 saturated heterocycles. The van der Waals surface area contributed by atoms with E-state index < -0.39 is 150 Å². The van der Waals surface area contributed by atoms with Crippen molar-refractivity contribution >= 4 is 23.1 Å². The number of carbonyl (C=O) groups excluding carboxylic acids is 4. The van der Waals surface area contributed by atoms with Crippen LogP contribution >= 0.6 is 0 Å². The number of rotatable bonds is 9. The standard InChI is InChI=1S/C34H28O22/c35-13-1-9(2-14(36)22(13)44)21(43)26(48)27-31(52)32(53,28(49)10-3-15(37)23(45)16(38)4-10)33(54,29(50)11-5-17(39)24(46)18(40)6-11)34(55,56-27)30(51)12-7-19(41)25(47)20(42)8-12/h1-8,26-27,31,35-42,44-48,52-55H/t26?,27-,31-,32+,33+,34-/m1/s1. The number of aromatic hydroxyl groups is 12. The first kappa shape index (κ1) is 40.1. The largest absolute Gasteiger partial charge is 0.504 e. The Morgan fingerprint density at radius 1 is 0.482 bits per heavy atom. The van der Waals surface area contributed by atoms with Crippen molar-refractivity contribution in [2.45, 2.75) is 35.3 Å². The lowest BCUT2D eigenvalue weighted by atomic mass is 9.61. The second kappa shape index (κ2) is 13.3. The molecular formula is C34H28O22. The summed E-state index contributed by atoms with van der Waals surface area (Å²) in [6.07, 6.45) is -9.82. The van der Waals surface area contributed by atoms with Crippen LogP contribution < -0.4 is 0 Å². The van der Waals surface area contributed by atoms with E-state index in [4.69, 9.17) is 4.74 Å². The Balaban J connectivity index is 1.88. The number of benzene rings is 4. The minimum Gasteiger partial charge on any atom is -0.504 e. The van der Waals surface area contributed by atoms with Crippen molar-refractivity contribution in [1.82, 2.24) is 0 Å². The summed E-state index contributed by atoms with van der Waals surface area (Å²) in [5, 5.41) is 180. The van der Waals surface area contributed by atoms with E-state index in [2.05, 4.69) is 0 Å². The molecule has 0 aliphatic carbocycles. The van der Waals surface area contributed by atoms with Gasteiger partial charge in [-0.2, -0.15) is 0 Å². The third-order valence-electron chi connectivity index (χ3n) is 9.00. The van der Waals surface area contributed by atoms with Gasteiger partial charge in [0.05, 0.1) is 0 Å². The molecule has 0 spiro atoms. The highest BCUT2D eigenvalue weighted by Crippen LogP contribution is 2.52. The van der Waals surface area contributed by atoms with Gasteiger partial charge in [-0.3, -0.25) is 19.2 Å². The molecule has 56 heavy (non-hydrogen) atoms. The van der Waals surface area contributed by atoms with Gasteiger partial charge in [-0.05, 0) is 48.5 Å². The minimum atomic E-state index is -4.87. The van der Waals surface area contributed by atoms with Gasteiger partial charge in [0.15, 0.2) is 80.4 Å². The van der Waals surface area contributed by atoms with Crippen molar-refractivity contribution in [1.29, 1.82) is 0 Å². The molecule has 0 amide bonds. The molecule has 22 nitrogen and oxygen atoms in total. The zero-order chi connectivity index (χ0) is 42.1. The number of phenols is 12. The average molecular weight is 789 g/mol. The van der Waals surface area contributed by atoms with Crippen LogP contribution in [0.1, 0.15) is 41.4 Å². The van der Waals surface area contributed by atoms with Gasteiger partial charge >= 0.3 is 0 Å². The maximum Gasteiger partial charge on any atom is 0.272 e. The average Bonchev–Trinajstić information content (AvgIpc) is 3.15. The van der Waals surface area contributed by atoms with Crippen molar-refractivity contribution in [3.63, 3.8) is 0 Å². The van der Waals surface area contributed by atoms with Crippen molar-refractivity contribution in [3.8, 4) is 69.0 Å². The molecule has 1 aliphatic heterocycles. The van der Waals surface area contributed by atoms with E-state index in [9.17, 15) is 106 Å². The molecule has 1 aliphatic rings. The van der Waals surface area contributed by atoms with E-state index in [1.54, 1.807) is 0 Å². The molecule has 6 atom stereocenters. The van der Waals surface area contributed by atoms with Crippen LogP contribution in [0.25, 0.3) is 0 Å². The van der Waals surface area contributed by atoms with E-state index in [1.807, 2.05) is 0 Å². The predicted molar refractivity (Wildman–Crippen MR) is 175 cm³/mol. The number of carbonyl (C=O) groups is 4. The van der Waals surface area contributed by atoms with Crippen LogP contribution in [0.3, 0.4) is 0 Å². The van der Waals surface area contributed by atoms with E-state index in [-0.39, 0.29) is 36.4 Å². The van der Waals surface area contributed by atoms with Crippen LogP contribution in [-0.2, 0) is 4.74 Å². The van der Waals surface area contributed by atoms with Gasteiger partial charge < -0.3 is 91.5 Å². The Morgan fingerprint density at radius 3 is 1.11 bits per heavy atom. The molecule has 4 aromatic carbocycles. The van der Waals surface area contributed by atoms with Gasteiger partial charge in [0.1, 0.15) is 18.3 Å². The number of hydrogen-bond donors (Lipinski definition) is 17. The van der Waals surface area contributed by atoms with Crippen molar-refractivity contribution in [2.75, 3.05) is 0 Å². The summed E-state index contributed by atoms with van der Waals surface area (Å²) in [7, 11) is 0. The molecule has 22 heteroatoms. The molecule has 1 heterocycles. The van der Waals surface area contributed by atoms with E-state index >= 15 is 0 Å². The molecule has 0 radical (unpaired) electrons. The van der Waals surface area contributed by atoms with Gasteiger partial charge in [0.2, 0.25) is 23.0 Å². The van der Waals surface area contributed by atoms with E-state index in [0.29, 0.717) is 12.1 Å². The first-order valence-corrected chi connectivity index (χ1v) is 15.2. The first-order chi connectivity index (χ1) is 25.8. The summed E-state index contributed by atoms with van der Waals surface area (Å²) in [6, 6.07) is 2.19. The molecule has 0 bridgehead atoms. The maximum atomic E-state index is 14.4. The molecule has 296 valence electrons. The molecule has 1 unspecified atom stereocenters. The van der Waals surface area contributed by atoms with Crippen LogP contribution in [0.4, 0.5) is 0 Å². The van der Waals surface area contributed by atoms with Gasteiger partial charge in [-0.15, -0.1) is 0 Å². The molecule has 0 aromatic heterocycles. The fourth-order valence-corrected chi connectivity index (χ4v) is 6.03. The Morgan fingerprint density at radius 2 is 0.768 bits per heavy atom. The SMILES string of the molecule is O=C(c1cc(O)c(O)c(O)c1)C(O)[C@H]1O[C@](O)(C(=O)c2cc(O)c(O)c(O)c2)[C@](O)(C(=O)c2cc(O)c(O)c(O)c2)[C@](O)(C(=O)c2cc(O)c(O)c(O)c2)[C@@H]1O. The number of Topliss-reactive ketones (excluding diaryl/α,β-unsaturated/α-hetero) is 4. The smallest absolute Gasteiger partial charge is 0.272 e. The molecular weight excluding hydrogens is 760 g/mol. The lowest BCUT2D eigenvalue weighted by molar-refractivity contribution is -0.366. The van der Waals surface area contributed by atoms with Crippen molar-refractivity contribution in [2.24, 2.45) is 0 Å². The van der Waals surface area contributed by atoms with Gasteiger partial charge in [0, 0.05) is 22.3 Å². The fraction of sp³-hybridized carbons (Fsp3) is 0.176. The zero-order valence-electron chi connectivity index (χ0n) is 27.5. The van der Waals surface area contributed by atoms with E-state index in [1.165, 1.54) is 0 Å². The van der Waals surface area contributed by atoms with Crippen molar-refractivity contribution in [3.05, 3.63) is 70.8 Å². The summed E-state index contributed by atoms with van der Waals surface area (Å²) in [4.78, 5) is 56.7. The van der Waals surface area contributed by atoms with Crippen LogP contribution in [-0.4, -0.2) is 145 Å². The molecule has 1 fully saturated rings. The number of hydrogen-bond acceptors (Lipinski definition) is 22. The Bertz CT molecular complexity index is 2260. The highest BCUT2D eigenvalue weighted by atomic mass is 16.7. The van der Waals surface area contributed by atoms with Crippen LogP contribution in [0.2, 0.25) is 0 Å². The number of ether oxygens (including phenoxy) is 1. The van der Waals surface area contributed by atoms with Gasteiger partial charge in [-0.1, -0.05) is 0 Å². The number of ketones is 4. The third kappa shape index (κ3) is 5.69. The quantitative estimate of drug-likeness (QED) is 0.0660. The zero-order valence-corrected chi connectivity index (χ0v) is 27.5. The lowest BCUT2D eigenvalue weighted by Gasteiger charge is -2.56. The number of aliphatic hydroxyl groups is 5. The summed E-state index contributed by atoms with van der Waals surface area (Å²) < 4.78 is 5.18. The highest BCUT2D eigenvalue weighted by molar-refractivity contribution is 6.18. The third-order valence-corrected chi connectivity index (χ3v) is 9.00. The highest BCUT2D eigenvalue weighted by Gasteiger charge is 2.80. The predicted octanol–water partition coefficient (Wildman–Crippen LogP) is -1.74. The van der Waals surface area contributed by atoms with Crippen LogP contribution in [0, 0.1) is 0 Å². The first-order valence-electron chi connectivity index (χ1n) is 15.2. The Labute approximate surface area is 309 Å². The van der Waals surface area contributed by atoms with Crippen LogP contribution in [0.15, 0.2) is 48.5 Å². The molecule has 4 aromatic rings. The summed E-state index contributed by atoms with van der Waals surface area (Å²) >= 11 is 0. The van der Waals surface area contributed by atoms with Crippen molar-refractivity contribution < 1.29 is 111 Å². The van der Waals surface area contributed by atoms with Gasteiger partial charge in [-0.25, -0.2) is 0 Å². The molecule has 0 saturated carbocycles. The summed E-state index contributed by atoms with van der Waals surface area (Å²) in [5.74, 6) is -29.3. The van der Waals surface area contributed by atoms with Gasteiger partial charge in [0.25, 0.3) is 5.79 Å². The lowest BCUT2D eigenvalue weighted by Crippen LogP contribution is -2.86. The number of phenolic OH excluding ortho intramolecular Hbond substituents is 12. The fourth-order valence-electron chi connectivity index (χ4n) is 6.03. The monoisotopic (exact) mass is 788 g/mol. The second-order valence-corrected chi connectivity index (χ2v) is 12.4. The molecule has 5 rings (SSSR count). The summed E-state index contributed by atoms with van der Waals surface area (Å²) in [6.45, 7) is 0. The summed E-state index contributed by atoms with van der Waals surface area (Å²) in [5.41, 5.74) is -14.4. The molecule has 17 N–H and O–H groups in total. The van der Waals surface area contributed by atoms with E-state index in [0.717, 1.165) is 0 Å². The Kier molecular flexibility index (Phi) is 9.56. The second-order valence-electron chi connectivity index (χ2n) is 12.4. The topological polar surface area (TPSA) is 421 Å². The normalized spacial score (nSPS) is 23.9. The minimum absolute atomic E-state index is 0.211. The number of aliphatic hydroxyl groups excluding tert-OH is 2. The van der Waals surface area contributed by atoms with Crippen LogP contribution in [0.5, 0.6) is 69.0 Å².